The number of benzene rings is 2. The molecule has 1 fully saturated rings. The van der Waals surface area contributed by atoms with Crippen LogP contribution in [0.1, 0.15) is 5.56 Å². The predicted octanol–water partition coefficient (Wildman–Crippen LogP) is -0.953. The largest absolute Gasteiger partial charge is 0.454 e. The van der Waals surface area contributed by atoms with E-state index in [1.165, 1.54) is 15.4 Å². The molecule has 0 unspecified atom stereocenters. The minimum absolute atomic E-state index is 0.257. The van der Waals surface area contributed by atoms with Gasteiger partial charge in [0.15, 0.2) is 18.0 Å². The number of ether oxygens (including phenoxy) is 2. The predicted molar refractivity (Wildman–Crippen MR) is 106 cm³/mol. The Hall–Kier alpha value is -3.10. The number of carbonyl (C=O) groups excluding carboxylic acids is 2. The highest BCUT2D eigenvalue weighted by Gasteiger charge is 2.26. The number of amides is 3. The lowest BCUT2D eigenvalue weighted by Crippen LogP contribution is -3.28. The lowest BCUT2D eigenvalue weighted by Gasteiger charge is -2.29. The van der Waals surface area contributed by atoms with Crippen LogP contribution in [-0.4, -0.2) is 51.5 Å². The van der Waals surface area contributed by atoms with Gasteiger partial charge in [-0.3, -0.25) is 10.1 Å². The maximum atomic E-state index is 12.2. The quantitative estimate of drug-likeness (QED) is 0.523. The zero-order valence-corrected chi connectivity index (χ0v) is 16.2. The van der Waals surface area contributed by atoms with Gasteiger partial charge in [-0.1, -0.05) is 18.2 Å². The number of piperazine rings is 1. The molecule has 0 radical (unpaired) electrons. The number of anilines is 1. The van der Waals surface area contributed by atoms with E-state index in [2.05, 4.69) is 16.7 Å². The minimum atomic E-state index is -0.493. The number of hydrogen-bond acceptors (Lipinski definition) is 4. The van der Waals surface area contributed by atoms with Gasteiger partial charge < -0.3 is 24.6 Å². The molecule has 152 valence electrons. The number of para-hydroxylation sites is 1. The number of urea groups is 1. The van der Waals surface area contributed by atoms with Gasteiger partial charge in [0.05, 0.1) is 0 Å². The third kappa shape index (κ3) is 5.24. The van der Waals surface area contributed by atoms with Crippen molar-refractivity contribution in [2.75, 3.05) is 44.8 Å². The summed E-state index contributed by atoms with van der Waals surface area (Å²) in [5.41, 5.74) is 1.88. The highest BCUT2D eigenvalue weighted by molar-refractivity contribution is 6.01. The van der Waals surface area contributed by atoms with Crippen LogP contribution < -0.4 is 29.9 Å². The van der Waals surface area contributed by atoms with Crippen LogP contribution >= 0.6 is 0 Å². The summed E-state index contributed by atoms with van der Waals surface area (Å²) >= 11 is 0. The van der Waals surface area contributed by atoms with Crippen molar-refractivity contribution in [1.82, 2.24) is 5.32 Å². The van der Waals surface area contributed by atoms with E-state index in [0.29, 0.717) is 19.0 Å². The Morgan fingerprint density at radius 1 is 0.897 bits per heavy atom. The first-order valence-electron chi connectivity index (χ1n) is 9.87. The number of rotatable bonds is 5. The lowest BCUT2D eigenvalue weighted by atomic mass is 10.1. The van der Waals surface area contributed by atoms with E-state index >= 15 is 0 Å². The molecule has 2 aromatic carbocycles. The molecule has 0 aliphatic carbocycles. The maximum absolute atomic E-state index is 12.2. The van der Waals surface area contributed by atoms with Crippen molar-refractivity contribution in [2.45, 2.75) is 6.54 Å². The number of imide groups is 1. The molecule has 0 bridgehead atoms. The SMILES string of the molecule is O=C(C[NH+]1CC[NH+](Cc2ccc3c(c2)OCO3)CC1)NC(=O)Nc1ccccc1. The number of quaternary nitrogens is 2. The molecule has 4 rings (SSSR count). The summed E-state index contributed by atoms with van der Waals surface area (Å²) in [6.07, 6.45) is 0. The molecular formula is C21H26N4O4+2. The number of carbonyl (C=O) groups is 2. The first kappa shape index (κ1) is 19.2. The van der Waals surface area contributed by atoms with Gasteiger partial charge in [-0.2, -0.15) is 0 Å². The molecule has 0 saturated carbocycles. The summed E-state index contributed by atoms with van der Waals surface area (Å²) in [6.45, 7) is 5.27. The summed E-state index contributed by atoms with van der Waals surface area (Å²) in [7, 11) is 0. The molecule has 4 N–H and O–H groups in total. The van der Waals surface area contributed by atoms with E-state index in [-0.39, 0.29) is 5.91 Å². The van der Waals surface area contributed by atoms with Gasteiger partial charge >= 0.3 is 6.03 Å². The van der Waals surface area contributed by atoms with Gasteiger partial charge in [0.1, 0.15) is 32.7 Å². The second-order valence-electron chi connectivity index (χ2n) is 7.41. The second-order valence-corrected chi connectivity index (χ2v) is 7.41. The minimum Gasteiger partial charge on any atom is -0.454 e. The fourth-order valence-electron chi connectivity index (χ4n) is 3.73. The van der Waals surface area contributed by atoms with Crippen molar-refractivity contribution in [2.24, 2.45) is 0 Å². The lowest BCUT2D eigenvalue weighted by molar-refractivity contribution is -1.02. The second kappa shape index (κ2) is 8.93. The van der Waals surface area contributed by atoms with Crippen LogP contribution in [0.15, 0.2) is 48.5 Å². The van der Waals surface area contributed by atoms with Crippen LogP contribution in [0.25, 0.3) is 0 Å². The smallest absolute Gasteiger partial charge is 0.326 e. The van der Waals surface area contributed by atoms with Crippen LogP contribution in [-0.2, 0) is 11.3 Å². The van der Waals surface area contributed by atoms with Crippen molar-refractivity contribution >= 4 is 17.6 Å². The van der Waals surface area contributed by atoms with Gasteiger partial charge in [0.2, 0.25) is 6.79 Å². The summed E-state index contributed by atoms with van der Waals surface area (Å²) in [6, 6.07) is 14.7. The maximum Gasteiger partial charge on any atom is 0.326 e. The summed E-state index contributed by atoms with van der Waals surface area (Å²) in [5.74, 6) is 1.37. The van der Waals surface area contributed by atoms with Crippen molar-refractivity contribution in [3.63, 3.8) is 0 Å². The van der Waals surface area contributed by atoms with Crippen molar-refractivity contribution in [1.29, 1.82) is 0 Å². The van der Waals surface area contributed by atoms with Crippen LogP contribution in [0.3, 0.4) is 0 Å². The Morgan fingerprint density at radius 2 is 1.62 bits per heavy atom. The third-order valence-corrected chi connectivity index (χ3v) is 5.25. The fourth-order valence-corrected chi connectivity index (χ4v) is 3.73. The molecule has 3 amide bonds. The molecule has 0 atom stereocenters. The molecule has 8 heteroatoms. The van der Waals surface area contributed by atoms with Gasteiger partial charge in [0, 0.05) is 11.3 Å². The zero-order valence-electron chi connectivity index (χ0n) is 16.2. The number of nitrogens with one attached hydrogen (secondary N) is 4. The van der Waals surface area contributed by atoms with E-state index in [1.54, 1.807) is 12.1 Å². The van der Waals surface area contributed by atoms with E-state index < -0.39 is 6.03 Å². The zero-order chi connectivity index (χ0) is 20.1. The van der Waals surface area contributed by atoms with E-state index in [4.69, 9.17) is 9.47 Å². The number of hydrogen-bond donors (Lipinski definition) is 4. The van der Waals surface area contributed by atoms with Crippen LogP contribution in [0.4, 0.5) is 10.5 Å². The van der Waals surface area contributed by atoms with E-state index in [9.17, 15) is 9.59 Å². The van der Waals surface area contributed by atoms with Gasteiger partial charge in [-0.15, -0.1) is 0 Å². The summed E-state index contributed by atoms with van der Waals surface area (Å²) < 4.78 is 10.8. The molecular weight excluding hydrogens is 372 g/mol. The first-order chi connectivity index (χ1) is 14.2. The summed E-state index contributed by atoms with van der Waals surface area (Å²) in [4.78, 5) is 26.8. The van der Waals surface area contributed by atoms with Gasteiger partial charge in [-0.05, 0) is 30.3 Å². The standard InChI is InChI=1S/C21H24N4O4/c26-20(23-21(27)22-17-4-2-1-3-5-17)14-25-10-8-24(9-11-25)13-16-6-7-18-19(12-16)29-15-28-18/h1-7,12H,8-11,13-15H2,(H2,22,23,26,27)/p+2. The van der Waals surface area contributed by atoms with Crippen LogP contribution in [0.5, 0.6) is 11.5 Å². The molecule has 1 saturated heterocycles. The molecule has 2 aliphatic heterocycles. The fraction of sp³-hybridized carbons (Fsp3) is 0.333. The topological polar surface area (TPSA) is 85.5 Å². The van der Waals surface area contributed by atoms with E-state index in [1.807, 2.05) is 30.3 Å². The normalized spacial score (nSPS) is 20.1. The molecule has 2 heterocycles. The molecule has 2 aromatic rings. The summed E-state index contributed by atoms with van der Waals surface area (Å²) in [5, 5.41) is 5.07. The van der Waals surface area contributed by atoms with Gasteiger partial charge in [-0.25, -0.2) is 4.79 Å². The highest BCUT2D eigenvalue weighted by atomic mass is 16.7. The van der Waals surface area contributed by atoms with Gasteiger partial charge in [0.25, 0.3) is 5.91 Å². The average molecular weight is 398 g/mol. The van der Waals surface area contributed by atoms with Crippen molar-refractivity contribution in [3.8, 4) is 11.5 Å². The number of fused-ring (bicyclic) bond motifs is 1. The average Bonchev–Trinajstić information content (AvgIpc) is 3.18. The Balaban J connectivity index is 1.18. The third-order valence-electron chi connectivity index (χ3n) is 5.25. The molecule has 29 heavy (non-hydrogen) atoms. The first-order valence-corrected chi connectivity index (χ1v) is 9.87. The molecule has 2 aliphatic rings. The highest BCUT2D eigenvalue weighted by Crippen LogP contribution is 2.32. The Bertz CT molecular complexity index is 866. The molecule has 0 aromatic heterocycles. The Morgan fingerprint density at radius 3 is 2.41 bits per heavy atom. The monoisotopic (exact) mass is 398 g/mol. The Labute approximate surface area is 169 Å². The molecule has 8 nitrogen and oxygen atoms in total. The van der Waals surface area contributed by atoms with Crippen LogP contribution in [0, 0.1) is 0 Å². The van der Waals surface area contributed by atoms with Crippen molar-refractivity contribution < 1.29 is 28.9 Å². The van der Waals surface area contributed by atoms with Crippen molar-refractivity contribution in [3.05, 3.63) is 54.1 Å². The van der Waals surface area contributed by atoms with Crippen LogP contribution in [0.2, 0.25) is 0 Å². The molecule has 0 spiro atoms. The van der Waals surface area contributed by atoms with E-state index in [0.717, 1.165) is 44.2 Å². The Kier molecular flexibility index (Phi) is 5.92.